The Morgan fingerprint density at radius 3 is 2.37 bits per heavy atom. The zero-order valence-corrected chi connectivity index (χ0v) is 24.0. The summed E-state index contributed by atoms with van der Waals surface area (Å²) < 4.78 is 41.5. The van der Waals surface area contributed by atoms with Crippen molar-refractivity contribution in [3.8, 4) is 22.9 Å². The summed E-state index contributed by atoms with van der Waals surface area (Å²) in [6.07, 6.45) is 3.58. The van der Waals surface area contributed by atoms with Crippen molar-refractivity contribution in [3.63, 3.8) is 0 Å². The zero-order valence-electron chi connectivity index (χ0n) is 24.0. The van der Waals surface area contributed by atoms with Gasteiger partial charge in [-0.3, -0.25) is 19.5 Å². The van der Waals surface area contributed by atoms with Crippen LogP contribution < -0.4 is 31.4 Å². The molecule has 2 aromatic heterocycles. The smallest absolute Gasteiger partial charge is 0.418 e. The molecule has 11 nitrogen and oxygen atoms in total. The second-order valence-electron chi connectivity index (χ2n) is 10.4. The summed E-state index contributed by atoms with van der Waals surface area (Å²) in [7, 11) is 0. The van der Waals surface area contributed by atoms with E-state index in [0.29, 0.717) is 12.3 Å². The SMILES string of the molecule is O=C(Nc1cc(Oc2ccc(NC(=O)c3cn(CC4CC4)c(=O)n(-c4ccc(F)cc4)c3=O)cc2F)ccn1)Oc1ccccc1. The predicted molar refractivity (Wildman–Crippen MR) is 164 cm³/mol. The average Bonchev–Trinajstić information content (AvgIpc) is 3.86. The van der Waals surface area contributed by atoms with E-state index < -0.39 is 34.9 Å². The minimum Gasteiger partial charge on any atom is -0.454 e. The molecule has 13 heteroatoms. The van der Waals surface area contributed by atoms with Crippen LogP contribution >= 0.6 is 0 Å². The number of pyridine rings is 1. The van der Waals surface area contributed by atoms with Gasteiger partial charge in [0.25, 0.3) is 11.5 Å². The molecule has 1 aliphatic rings. The Morgan fingerprint density at radius 1 is 0.891 bits per heavy atom. The standard InChI is InChI=1S/C33H25F2N5O6/c34-21-8-11-23(12-9-21)40-31(42)26(19-39(33(40)44)18-20-6-7-20)30(41)37-22-10-13-28(27(35)16-22)45-25-14-15-36-29(17-25)38-32(43)46-24-4-2-1-3-5-24/h1-5,8-17,19-20H,6-7,18H2,(H,37,41)(H,36,38,43). The Hall–Kier alpha value is -6.11. The predicted octanol–water partition coefficient (Wildman–Crippen LogP) is 5.74. The van der Waals surface area contributed by atoms with Crippen LogP contribution in [0.25, 0.3) is 5.69 Å². The van der Waals surface area contributed by atoms with Crippen LogP contribution in [-0.2, 0) is 6.54 Å². The van der Waals surface area contributed by atoms with Crippen molar-refractivity contribution in [1.82, 2.24) is 14.1 Å². The van der Waals surface area contributed by atoms with Crippen LogP contribution in [0, 0.1) is 17.6 Å². The van der Waals surface area contributed by atoms with Gasteiger partial charge in [-0.1, -0.05) is 18.2 Å². The highest BCUT2D eigenvalue weighted by molar-refractivity contribution is 6.03. The van der Waals surface area contributed by atoms with Gasteiger partial charge in [0.1, 0.15) is 28.7 Å². The van der Waals surface area contributed by atoms with Gasteiger partial charge >= 0.3 is 11.8 Å². The monoisotopic (exact) mass is 625 g/mol. The van der Waals surface area contributed by atoms with Crippen LogP contribution in [0.1, 0.15) is 23.2 Å². The first-order chi connectivity index (χ1) is 22.2. The van der Waals surface area contributed by atoms with E-state index in [1.165, 1.54) is 53.4 Å². The van der Waals surface area contributed by atoms with Crippen LogP contribution in [0.3, 0.4) is 0 Å². The molecule has 0 spiro atoms. The van der Waals surface area contributed by atoms with Crippen LogP contribution in [0.5, 0.6) is 17.2 Å². The maximum atomic E-state index is 15.1. The molecule has 0 atom stereocenters. The summed E-state index contributed by atoms with van der Waals surface area (Å²) in [5.74, 6) is -1.63. The molecular formula is C33H25F2N5O6. The number of nitrogens with zero attached hydrogens (tertiary/aromatic N) is 3. The van der Waals surface area contributed by atoms with Crippen LogP contribution in [-0.4, -0.2) is 26.1 Å². The number of hydrogen-bond donors (Lipinski definition) is 2. The molecule has 1 saturated carbocycles. The van der Waals surface area contributed by atoms with E-state index in [9.17, 15) is 23.6 Å². The van der Waals surface area contributed by atoms with Gasteiger partial charge in [-0.05, 0) is 73.4 Å². The molecule has 6 rings (SSSR count). The lowest BCUT2D eigenvalue weighted by Crippen LogP contribution is -2.42. The maximum Gasteiger partial charge on any atom is 0.418 e. The first kappa shape index (κ1) is 29.9. The molecule has 5 aromatic rings. The third kappa shape index (κ3) is 6.99. The van der Waals surface area contributed by atoms with E-state index in [4.69, 9.17) is 9.47 Å². The van der Waals surface area contributed by atoms with Crippen LogP contribution in [0.4, 0.5) is 25.1 Å². The van der Waals surface area contributed by atoms with Crippen molar-refractivity contribution in [3.05, 3.63) is 135 Å². The lowest BCUT2D eigenvalue weighted by Gasteiger charge is -2.14. The number of carbonyl (C=O) groups excluding carboxylic acids is 2. The Bertz CT molecular complexity index is 2040. The number of para-hydroxylation sites is 1. The van der Waals surface area contributed by atoms with Crippen molar-refractivity contribution in [2.45, 2.75) is 19.4 Å². The Morgan fingerprint density at radius 2 is 1.65 bits per heavy atom. The van der Waals surface area contributed by atoms with E-state index >= 15 is 4.39 Å². The number of hydrogen-bond acceptors (Lipinski definition) is 7. The van der Waals surface area contributed by atoms with E-state index in [0.717, 1.165) is 35.6 Å². The fourth-order valence-electron chi connectivity index (χ4n) is 4.54. The van der Waals surface area contributed by atoms with E-state index in [1.807, 2.05) is 0 Å². The number of carbonyl (C=O) groups is 2. The van der Waals surface area contributed by atoms with Crippen molar-refractivity contribution in [1.29, 1.82) is 0 Å². The Balaban J connectivity index is 1.18. The average molecular weight is 626 g/mol. The van der Waals surface area contributed by atoms with Crippen molar-refractivity contribution in [2.24, 2.45) is 5.92 Å². The number of aromatic nitrogens is 3. The number of halogens is 2. The molecule has 2 amide bonds. The molecule has 0 saturated heterocycles. The number of ether oxygens (including phenoxy) is 2. The molecule has 2 heterocycles. The third-order valence-corrected chi connectivity index (χ3v) is 6.97. The lowest BCUT2D eigenvalue weighted by molar-refractivity contribution is 0.102. The van der Waals surface area contributed by atoms with E-state index in [1.54, 1.807) is 30.3 Å². The molecule has 232 valence electrons. The number of benzene rings is 3. The molecule has 46 heavy (non-hydrogen) atoms. The quantitative estimate of drug-likeness (QED) is 0.214. The molecule has 2 N–H and O–H groups in total. The van der Waals surface area contributed by atoms with Crippen molar-refractivity contribution >= 4 is 23.5 Å². The van der Waals surface area contributed by atoms with E-state index in [2.05, 4.69) is 15.6 Å². The second kappa shape index (κ2) is 12.9. The van der Waals surface area contributed by atoms with Crippen LogP contribution in [0.15, 0.2) is 107 Å². The fraction of sp³-hybridized carbons (Fsp3) is 0.121. The van der Waals surface area contributed by atoms with Crippen molar-refractivity contribution in [2.75, 3.05) is 10.6 Å². The topological polar surface area (TPSA) is 134 Å². The summed E-state index contributed by atoms with van der Waals surface area (Å²) in [5, 5.41) is 4.95. The first-order valence-corrected chi connectivity index (χ1v) is 14.1. The summed E-state index contributed by atoms with van der Waals surface area (Å²) in [6.45, 7) is 0.307. The number of amides is 2. The van der Waals surface area contributed by atoms with Gasteiger partial charge in [-0.25, -0.2) is 27.9 Å². The molecule has 1 fully saturated rings. The molecule has 0 unspecified atom stereocenters. The van der Waals surface area contributed by atoms with Gasteiger partial charge in [-0.15, -0.1) is 0 Å². The van der Waals surface area contributed by atoms with E-state index in [-0.39, 0.29) is 40.2 Å². The van der Waals surface area contributed by atoms with Gasteiger partial charge in [0.15, 0.2) is 11.6 Å². The largest absolute Gasteiger partial charge is 0.454 e. The molecule has 0 bridgehead atoms. The second-order valence-corrected chi connectivity index (χ2v) is 10.4. The summed E-state index contributed by atoms with van der Waals surface area (Å²) >= 11 is 0. The summed E-state index contributed by atoms with van der Waals surface area (Å²) in [4.78, 5) is 56.0. The summed E-state index contributed by atoms with van der Waals surface area (Å²) in [6, 6.07) is 19.6. The zero-order chi connectivity index (χ0) is 32.2. The third-order valence-electron chi connectivity index (χ3n) is 6.97. The van der Waals surface area contributed by atoms with Gasteiger partial charge < -0.3 is 14.8 Å². The highest BCUT2D eigenvalue weighted by Crippen LogP contribution is 2.30. The van der Waals surface area contributed by atoms with Gasteiger partial charge in [0.05, 0.1) is 5.69 Å². The Labute approximate surface area is 259 Å². The normalized spacial score (nSPS) is 12.3. The highest BCUT2D eigenvalue weighted by atomic mass is 19.1. The van der Waals surface area contributed by atoms with Gasteiger partial charge in [0.2, 0.25) is 0 Å². The maximum absolute atomic E-state index is 15.1. The minimum atomic E-state index is -0.906. The first-order valence-electron chi connectivity index (χ1n) is 14.1. The fourth-order valence-corrected chi connectivity index (χ4v) is 4.54. The van der Waals surface area contributed by atoms with Gasteiger partial charge in [0, 0.05) is 36.8 Å². The molecule has 3 aromatic carbocycles. The molecule has 0 aliphatic heterocycles. The highest BCUT2D eigenvalue weighted by Gasteiger charge is 2.25. The Kier molecular flexibility index (Phi) is 8.37. The number of rotatable bonds is 9. The van der Waals surface area contributed by atoms with Crippen molar-refractivity contribution < 1.29 is 27.8 Å². The lowest BCUT2D eigenvalue weighted by atomic mass is 10.2. The molecular weight excluding hydrogens is 600 g/mol. The van der Waals surface area contributed by atoms with Gasteiger partial charge in [-0.2, -0.15) is 0 Å². The minimum absolute atomic E-state index is 0.0169. The number of nitrogens with one attached hydrogen (secondary N) is 2. The number of anilines is 2. The summed E-state index contributed by atoms with van der Waals surface area (Å²) in [5.41, 5.74) is -1.80. The molecule has 1 aliphatic carbocycles. The molecule has 0 radical (unpaired) electrons. The van der Waals surface area contributed by atoms with Crippen LogP contribution in [0.2, 0.25) is 0 Å².